The fourth-order valence-electron chi connectivity index (χ4n) is 2.14. The van der Waals surface area contributed by atoms with Crippen molar-refractivity contribution in [2.24, 2.45) is 0 Å². The summed E-state index contributed by atoms with van der Waals surface area (Å²) in [6.45, 7) is 4.36. The normalized spacial score (nSPS) is 26.6. The third kappa shape index (κ3) is 5.20. The average molecular weight is 343 g/mol. The Morgan fingerprint density at radius 3 is 1.79 bits per heavy atom. The second-order valence-corrected chi connectivity index (χ2v) is 4.89. The molecule has 1 aliphatic rings. The Kier molecular flexibility index (Phi) is 6.67. The number of nitrogens with zero attached hydrogens (tertiary/aromatic N) is 1. The molecule has 1 fully saturated rings. The van der Waals surface area contributed by atoms with Crippen molar-refractivity contribution in [2.45, 2.75) is 58.4 Å². The van der Waals surface area contributed by atoms with Crippen molar-refractivity contribution in [3.63, 3.8) is 0 Å². The molecule has 1 aliphatic heterocycles. The fraction of sp³-hybridized carbons (Fsp3) is 0.643. The molecule has 0 N–H and O–H groups in total. The zero-order valence-electron chi connectivity index (χ0n) is 13.5. The van der Waals surface area contributed by atoms with Crippen LogP contribution in [0.1, 0.15) is 27.7 Å². The van der Waals surface area contributed by atoms with E-state index in [2.05, 4.69) is 0 Å². The van der Waals surface area contributed by atoms with Crippen LogP contribution >= 0.6 is 0 Å². The van der Waals surface area contributed by atoms with Crippen LogP contribution in [0.3, 0.4) is 0 Å². The summed E-state index contributed by atoms with van der Waals surface area (Å²) in [4.78, 5) is 44.9. The van der Waals surface area contributed by atoms with E-state index in [-0.39, 0.29) is 0 Å². The van der Waals surface area contributed by atoms with Crippen molar-refractivity contribution in [1.82, 2.24) is 0 Å². The Balaban J connectivity index is 3.16. The summed E-state index contributed by atoms with van der Waals surface area (Å²) >= 11 is 0. The number of rotatable bonds is 5. The summed E-state index contributed by atoms with van der Waals surface area (Å²) in [6, 6.07) is 1.69. The summed E-state index contributed by atoms with van der Waals surface area (Å²) in [7, 11) is 0. The third-order valence-corrected chi connectivity index (χ3v) is 2.81. The van der Waals surface area contributed by atoms with Gasteiger partial charge < -0.3 is 23.7 Å². The van der Waals surface area contributed by atoms with Gasteiger partial charge in [0.05, 0.1) is 0 Å². The van der Waals surface area contributed by atoms with Crippen LogP contribution in [0, 0.1) is 11.3 Å². The maximum Gasteiger partial charge on any atom is 0.305 e. The second-order valence-electron chi connectivity index (χ2n) is 4.89. The number of carbonyl (C=O) groups excluding carboxylic acids is 4. The molecule has 0 saturated carbocycles. The van der Waals surface area contributed by atoms with Gasteiger partial charge in [0.15, 0.2) is 12.2 Å². The highest BCUT2D eigenvalue weighted by molar-refractivity contribution is 5.69. The zero-order valence-corrected chi connectivity index (χ0v) is 13.5. The summed E-state index contributed by atoms with van der Waals surface area (Å²) in [5.74, 6) is -3.03. The van der Waals surface area contributed by atoms with E-state index in [1.165, 1.54) is 0 Å². The van der Waals surface area contributed by atoms with Crippen molar-refractivity contribution in [3.8, 4) is 6.07 Å². The van der Waals surface area contributed by atoms with E-state index in [0.717, 1.165) is 27.7 Å². The third-order valence-electron chi connectivity index (χ3n) is 2.81. The number of hydrogen-bond donors (Lipinski definition) is 0. The van der Waals surface area contributed by atoms with Crippen LogP contribution in [-0.2, 0) is 42.9 Å². The lowest BCUT2D eigenvalue weighted by Gasteiger charge is -2.24. The van der Waals surface area contributed by atoms with Gasteiger partial charge in [0.1, 0.15) is 6.07 Å². The zero-order chi connectivity index (χ0) is 18.4. The molecule has 0 aliphatic carbocycles. The molecule has 0 aromatic carbocycles. The molecule has 10 heteroatoms. The topological polar surface area (TPSA) is 138 Å². The second kappa shape index (κ2) is 8.26. The maximum absolute atomic E-state index is 11.3. The van der Waals surface area contributed by atoms with Crippen LogP contribution in [-0.4, -0.2) is 54.6 Å². The number of hydrogen-bond acceptors (Lipinski definition) is 10. The van der Waals surface area contributed by atoms with E-state index >= 15 is 0 Å². The number of ether oxygens (including phenoxy) is 5. The van der Waals surface area contributed by atoms with Crippen molar-refractivity contribution in [3.05, 3.63) is 0 Å². The van der Waals surface area contributed by atoms with Crippen LogP contribution in [0.15, 0.2) is 0 Å². The van der Waals surface area contributed by atoms with Gasteiger partial charge in [-0.15, -0.1) is 0 Å². The van der Waals surface area contributed by atoms with Gasteiger partial charge in [-0.25, -0.2) is 0 Å². The number of esters is 4. The van der Waals surface area contributed by atoms with E-state index in [9.17, 15) is 19.2 Å². The number of nitriles is 1. The summed E-state index contributed by atoms with van der Waals surface area (Å²) in [6.07, 6.45) is -6.82. The highest BCUT2D eigenvalue weighted by Gasteiger charge is 2.54. The monoisotopic (exact) mass is 343 g/mol. The first-order valence-electron chi connectivity index (χ1n) is 6.89. The van der Waals surface area contributed by atoms with Gasteiger partial charge in [-0.2, -0.15) is 5.26 Å². The van der Waals surface area contributed by atoms with E-state index in [1.54, 1.807) is 6.07 Å². The molecule has 1 heterocycles. The lowest BCUT2D eigenvalue weighted by atomic mass is 10.1. The number of carbonyl (C=O) groups is 4. The minimum Gasteiger partial charge on any atom is -0.455 e. The predicted molar refractivity (Wildman–Crippen MR) is 72.7 cm³/mol. The lowest BCUT2D eigenvalue weighted by Crippen LogP contribution is -2.44. The molecule has 0 aromatic heterocycles. The highest BCUT2D eigenvalue weighted by Crippen LogP contribution is 2.31. The van der Waals surface area contributed by atoms with Gasteiger partial charge in [-0.1, -0.05) is 0 Å². The molecule has 24 heavy (non-hydrogen) atoms. The molecule has 0 unspecified atom stereocenters. The Labute approximate surface area is 137 Å². The molecule has 1 saturated heterocycles. The SMILES string of the molecule is CC(=O)O[C@H]1O[C@H]([C@@H](C#N)OC(C)=O)[C@@H](OC(C)=O)[C@@H]1OC(C)=O. The van der Waals surface area contributed by atoms with Gasteiger partial charge in [0.2, 0.25) is 18.5 Å². The average Bonchev–Trinajstić information content (AvgIpc) is 2.72. The quantitative estimate of drug-likeness (QED) is 0.478. The lowest BCUT2D eigenvalue weighted by molar-refractivity contribution is -0.199. The molecular formula is C14H17NO9. The van der Waals surface area contributed by atoms with E-state index in [4.69, 9.17) is 28.9 Å². The minimum absolute atomic E-state index is 0.750. The molecule has 5 atom stereocenters. The molecule has 0 amide bonds. The van der Waals surface area contributed by atoms with Crippen molar-refractivity contribution in [1.29, 1.82) is 5.26 Å². The van der Waals surface area contributed by atoms with Gasteiger partial charge in [-0.3, -0.25) is 19.2 Å². The van der Waals surface area contributed by atoms with Crippen LogP contribution < -0.4 is 0 Å². The van der Waals surface area contributed by atoms with Gasteiger partial charge in [0, 0.05) is 27.7 Å². The fourth-order valence-corrected chi connectivity index (χ4v) is 2.14. The molecule has 1 rings (SSSR count). The first-order valence-corrected chi connectivity index (χ1v) is 6.89. The molecular weight excluding hydrogens is 326 g/mol. The van der Waals surface area contributed by atoms with E-state index in [0.29, 0.717) is 0 Å². The Morgan fingerprint density at radius 2 is 1.38 bits per heavy atom. The smallest absolute Gasteiger partial charge is 0.305 e. The van der Waals surface area contributed by atoms with Crippen molar-refractivity contribution >= 4 is 23.9 Å². The van der Waals surface area contributed by atoms with Gasteiger partial charge in [-0.05, 0) is 0 Å². The molecule has 0 radical (unpaired) electrons. The van der Waals surface area contributed by atoms with Crippen molar-refractivity contribution < 1.29 is 42.9 Å². The molecule has 0 bridgehead atoms. The molecule has 10 nitrogen and oxygen atoms in total. The molecule has 0 spiro atoms. The van der Waals surface area contributed by atoms with Crippen LogP contribution in [0.4, 0.5) is 0 Å². The van der Waals surface area contributed by atoms with E-state index < -0.39 is 54.6 Å². The van der Waals surface area contributed by atoms with Crippen LogP contribution in [0.2, 0.25) is 0 Å². The molecule has 0 aromatic rings. The Morgan fingerprint density at radius 1 is 0.875 bits per heavy atom. The highest BCUT2D eigenvalue weighted by atomic mass is 16.8. The Hall–Kier alpha value is -2.67. The molecule has 132 valence electrons. The van der Waals surface area contributed by atoms with Crippen molar-refractivity contribution in [2.75, 3.05) is 0 Å². The largest absolute Gasteiger partial charge is 0.455 e. The summed E-state index contributed by atoms with van der Waals surface area (Å²) in [5.41, 5.74) is 0. The summed E-state index contributed by atoms with van der Waals surface area (Å²) < 4.78 is 25.1. The first kappa shape index (κ1) is 19.4. The minimum atomic E-state index is -1.47. The van der Waals surface area contributed by atoms with Crippen LogP contribution in [0.25, 0.3) is 0 Å². The maximum atomic E-state index is 11.3. The first-order chi connectivity index (χ1) is 11.1. The van der Waals surface area contributed by atoms with Gasteiger partial charge >= 0.3 is 23.9 Å². The summed E-state index contributed by atoms with van der Waals surface area (Å²) in [5, 5.41) is 9.16. The Bertz CT molecular complexity index is 567. The van der Waals surface area contributed by atoms with Crippen LogP contribution in [0.5, 0.6) is 0 Å². The predicted octanol–water partition coefficient (Wildman–Crippen LogP) is -0.407. The van der Waals surface area contributed by atoms with E-state index in [1.807, 2.05) is 0 Å². The standard InChI is InChI=1S/C14H17NO9/c1-6(16)20-10(5-15)11-12(21-7(2)17)13(22-8(3)18)14(24-11)23-9(4)19/h10-14H,1-4H3/t10-,11-,12-,13+,14+/m1/s1. The van der Waals surface area contributed by atoms with Gasteiger partial charge in [0.25, 0.3) is 0 Å².